The van der Waals surface area contributed by atoms with Gasteiger partial charge in [0.15, 0.2) is 5.69 Å². The molecule has 0 aliphatic carbocycles. The zero-order chi connectivity index (χ0) is 13.9. The molecular weight excluding hydrogens is 259 g/mol. The summed E-state index contributed by atoms with van der Waals surface area (Å²) in [5.74, 6) is -0.266. The Balaban J connectivity index is 1.94. The first kappa shape index (κ1) is 13.9. The van der Waals surface area contributed by atoms with E-state index in [2.05, 4.69) is 20.2 Å². The Kier molecular flexibility index (Phi) is 4.08. The van der Waals surface area contributed by atoms with Crippen LogP contribution in [0.4, 0.5) is 24.9 Å². The number of likely N-dealkylation sites (tertiary alicyclic amines) is 1. The number of hydrogen-bond acceptors (Lipinski definition) is 5. The average Bonchev–Trinajstić information content (AvgIpc) is 2.80. The fourth-order valence-corrected chi connectivity index (χ4v) is 2.05. The van der Waals surface area contributed by atoms with Crippen LogP contribution in [0.15, 0.2) is 6.07 Å². The Bertz CT molecular complexity index is 429. The molecule has 1 aliphatic heterocycles. The van der Waals surface area contributed by atoms with Gasteiger partial charge < -0.3 is 16.0 Å². The van der Waals surface area contributed by atoms with Gasteiger partial charge in [0.2, 0.25) is 5.95 Å². The molecule has 0 atom stereocenters. The van der Waals surface area contributed by atoms with E-state index in [-0.39, 0.29) is 11.8 Å². The van der Waals surface area contributed by atoms with Gasteiger partial charge in [0.05, 0.1) is 0 Å². The summed E-state index contributed by atoms with van der Waals surface area (Å²) in [6.07, 6.45) is -2.15. The lowest BCUT2D eigenvalue weighted by molar-refractivity contribution is -0.141. The fraction of sp³-hybridized carbons (Fsp3) is 0.636. The molecule has 0 unspecified atom stereocenters. The minimum Gasteiger partial charge on any atom is -0.369 e. The van der Waals surface area contributed by atoms with Crippen molar-refractivity contribution in [2.24, 2.45) is 0 Å². The second-order valence-electron chi connectivity index (χ2n) is 4.47. The van der Waals surface area contributed by atoms with Gasteiger partial charge in [0.25, 0.3) is 0 Å². The minimum atomic E-state index is -4.51. The summed E-state index contributed by atoms with van der Waals surface area (Å²) in [6, 6.07) is 0.875. The first-order chi connectivity index (χ1) is 8.95. The van der Waals surface area contributed by atoms with Crippen molar-refractivity contribution < 1.29 is 13.2 Å². The highest BCUT2D eigenvalue weighted by atomic mass is 19.4. The van der Waals surface area contributed by atoms with E-state index in [9.17, 15) is 13.2 Å². The first-order valence-corrected chi connectivity index (χ1v) is 6.13. The molecule has 19 heavy (non-hydrogen) atoms. The summed E-state index contributed by atoms with van der Waals surface area (Å²) in [5.41, 5.74) is 4.25. The molecule has 2 heterocycles. The Hall–Kier alpha value is -1.57. The molecule has 1 aromatic heterocycles. The topological polar surface area (TPSA) is 67.1 Å². The predicted octanol–water partition coefficient (Wildman–Crippen LogP) is 1.59. The van der Waals surface area contributed by atoms with Gasteiger partial charge in [-0.05, 0) is 25.9 Å². The molecule has 106 valence electrons. The number of anilines is 2. The maximum atomic E-state index is 12.5. The van der Waals surface area contributed by atoms with E-state index in [0.717, 1.165) is 25.7 Å². The second kappa shape index (κ2) is 5.60. The molecular formula is C11H16F3N5. The van der Waals surface area contributed by atoms with Crippen molar-refractivity contribution >= 4 is 11.8 Å². The van der Waals surface area contributed by atoms with Crippen LogP contribution in [0.5, 0.6) is 0 Å². The van der Waals surface area contributed by atoms with Crippen LogP contribution < -0.4 is 11.1 Å². The van der Waals surface area contributed by atoms with E-state index in [1.54, 1.807) is 0 Å². The third-order valence-electron chi connectivity index (χ3n) is 2.97. The van der Waals surface area contributed by atoms with Crippen molar-refractivity contribution in [3.05, 3.63) is 11.8 Å². The smallest absolute Gasteiger partial charge is 0.369 e. The van der Waals surface area contributed by atoms with Crippen LogP contribution in [0.3, 0.4) is 0 Å². The van der Waals surface area contributed by atoms with E-state index >= 15 is 0 Å². The van der Waals surface area contributed by atoms with Crippen LogP contribution in [-0.2, 0) is 6.18 Å². The van der Waals surface area contributed by atoms with Gasteiger partial charge in [-0.1, -0.05) is 0 Å². The highest BCUT2D eigenvalue weighted by molar-refractivity contribution is 5.41. The Morgan fingerprint density at radius 1 is 1.26 bits per heavy atom. The third-order valence-corrected chi connectivity index (χ3v) is 2.97. The van der Waals surface area contributed by atoms with Crippen molar-refractivity contribution in [3.63, 3.8) is 0 Å². The number of halogens is 3. The lowest BCUT2D eigenvalue weighted by Crippen LogP contribution is -2.26. The van der Waals surface area contributed by atoms with Crippen molar-refractivity contribution in [3.8, 4) is 0 Å². The van der Waals surface area contributed by atoms with Gasteiger partial charge in [0, 0.05) is 19.2 Å². The average molecular weight is 275 g/mol. The van der Waals surface area contributed by atoms with Gasteiger partial charge >= 0.3 is 6.18 Å². The first-order valence-electron chi connectivity index (χ1n) is 6.13. The lowest BCUT2D eigenvalue weighted by Gasteiger charge is -2.15. The largest absolute Gasteiger partial charge is 0.433 e. The van der Waals surface area contributed by atoms with E-state index in [4.69, 9.17) is 5.73 Å². The molecule has 1 aliphatic rings. The summed E-state index contributed by atoms with van der Waals surface area (Å²) in [5, 5.41) is 2.85. The summed E-state index contributed by atoms with van der Waals surface area (Å²) in [7, 11) is 0. The highest BCUT2D eigenvalue weighted by Crippen LogP contribution is 2.29. The molecule has 8 heteroatoms. The molecule has 1 fully saturated rings. The maximum Gasteiger partial charge on any atom is 0.433 e. The molecule has 1 saturated heterocycles. The standard InChI is InChI=1S/C11H16F3N5/c12-11(13,14)8-7-9(18-10(15)17-8)16-3-6-19-4-1-2-5-19/h7H,1-6H2,(H3,15,16,17,18). The molecule has 1 aromatic rings. The molecule has 2 rings (SSSR count). The van der Waals surface area contributed by atoms with Gasteiger partial charge in [-0.2, -0.15) is 18.2 Å². The monoisotopic (exact) mass is 275 g/mol. The van der Waals surface area contributed by atoms with Crippen molar-refractivity contribution in [2.75, 3.05) is 37.2 Å². The maximum absolute atomic E-state index is 12.5. The zero-order valence-electron chi connectivity index (χ0n) is 10.4. The van der Waals surface area contributed by atoms with Crippen molar-refractivity contribution in [1.82, 2.24) is 14.9 Å². The minimum absolute atomic E-state index is 0.110. The molecule has 5 nitrogen and oxygen atoms in total. The van der Waals surface area contributed by atoms with Gasteiger partial charge in [-0.15, -0.1) is 0 Å². The van der Waals surface area contributed by atoms with E-state index in [0.29, 0.717) is 6.54 Å². The van der Waals surface area contributed by atoms with Crippen LogP contribution >= 0.6 is 0 Å². The molecule has 0 spiro atoms. The van der Waals surface area contributed by atoms with Crippen LogP contribution in [-0.4, -0.2) is 41.0 Å². The van der Waals surface area contributed by atoms with Gasteiger partial charge in [-0.3, -0.25) is 0 Å². The molecule has 0 amide bonds. The molecule has 0 radical (unpaired) electrons. The molecule has 0 bridgehead atoms. The number of aromatic nitrogens is 2. The molecule has 0 saturated carbocycles. The Morgan fingerprint density at radius 2 is 1.95 bits per heavy atom. The van der Waals surface area contributed by atoms with Crippen molar-refractivity contribution in [2.45, 2.75) is 19.0 Å². The van der Waals surface area contributed by atoms with Crippen LogP contribution in [0, 0.1) is 0 Å². The summed E-state index contributed by atoms with van der Waals surface area (Å²) >= 11 is 0. The number of nitrogens with one attached hydrogen (secondary N) is 1. The fourth-order valence-electron chi connectivity index (χ4n) is 2.05. The van der Waals surface area contributed by atoms with Gasteiger partial charge in [0.1, 0.15) is 5.82 Å². The zero-order valence-corrected chi connectivity index (χ0v) is 10.4. The summed E-state index contributed by atoms with van der Waals surface area (Å²) in [4.78, 5) is 9.18. The summed E-state index contributed by atoms with van der Waals surface area (Å²) in [6.45, 7) is 3.40. The Morgan fingerprint density at radius 3 is 2.58 bits per heavy atom. The summed E-state index contributed by atoms with van der Waals surface area (Å²) < 4.78 is 37.6. The molecule has 3 N–H and O–H groups in total. The lowest BCUT2D eigenvalue weighted by atomic mass is 10.3. The Labute approximate surface area is 109 Å². The van der Waals surface area contributed by atoms with Crippen LogP contribution in [0.1, 0.15) is 18.5 Å². The number of rotatable bonds is 4. The van der Waals surface area contributed by atoms with E-state index in [1.807, 2.05) is 0 Å². The predicted molar refractivity (Wildman–Crippen MR) is 65.6 cm³/mol. The SMILES string of the molecule is Nc1nc(NCCN2CCCC2)cc(C(F)(F)F)n1. The van der Waals surface area contributed by atoms with Crippen molar-refractivity contribution in [1.29, 1.82) is 0 Å². The molecule has 0 aromatic carbocycles. The number of nitrogens with zero attached hydrogens (tertiary/aromatic N) is 3. The second-order valence-corrected chi connectivity index (χ2v) is 4.47. The number of alkyl halides is 3. The number of hydrogen-bond donors (Lipinski definition) is 2. The van der Waals surface area contributed by atoms with Crippen LogP contribution in [0.25, 0.3) is 0 Å². The van der Waals surface area contributed by atoms with E-state index in [1.165, 1.54) is 12.8 Å². The quantitative estimate of drug-likeness (QED) is 0.873. The highest BCUT2D eigenvalue weighted by Gasteiger charge is 2.33. The number of nitrogens with two attached hydrogens (primary N) is 1. The normalized spacial score (nSPS) is 16.8. The van der Waals surface area contributed by atoms with Crippen LogP contribution in [0.2, 0.25) is 0 Å². The van der Waals surface area contributed by atoms with E-state index < -0.39 is 11.9 Å². The third kappa shape index (κ3) is 3.95. The number of nitrogen functional groups attached to an aromatic ring is 1. The van der Waals surface area contributed by atoms with Gasteiger partial charge in [-0.25, -0.2) is 4.98 Å².